The van der Waals surface area contributed by atoms with Crippen molar-refractivity contribution < 1.29 is 5.11 Å². The van der Waals surface area contributed by atoms with E-state index in [2.05, 4.69) is 31.2 Å². The van der Waals surface area contributed by atoms with E-state index in [1.165, 1.54) is 0 Å². The molecule has 14 heavy (non-hydrogen) atoms. The zero-order chi connectivity index (χ0) is 10.8. The van der Waals surface area contributed by atoms with Gasteiger partial charge in [-0.2, -0.15) is 4.98 Å². The van der Waals surface area contributed by atoms with Crippen molar-refractivity contribution in [3.63, 3.8) is 0 Å². The van der Waals surface area contributed by atoms with Gasteiger partial charge in [-0.15, -0.1) is 0 Å². The highest BCUT2D eigenvalue weighted by atomic mass is 79.9. The average Bonchev–Trinajstić information content (AvgIpc) is 2.01. The molecule has 0 bridgehead atoms. The number of aromatic nitrogens is 2. The molecule has 1 aromatic rings. The summed E-state index contributed by atoms with van der Waals surface area (Å²) in [5.74, 6) is 0.777. The highest BCUT2D eigenvalue weighted by Gasteiger charge is 2.17. The van der Waals surface area contributed by atoms with Crippen molar-refractivity contribution >= 4 is 27.7 Å². The lowest BCUT2D eigenvalue weighted by Gasteiger charge is -2.23. The second-order valence-electron chi connectivity index (χ2n) is 3.61. The van der Waals surface area contributed by atoms with Gasteiger partial charge in [-0.3, -0.25) is 0 Å². The summed E-state index contributed by atoms with van der Waals surface area (Å²) in [4.78, 5) is 8.05. The Hall–Kier alpha value is -0.880. The molecule has 0 saturated carbocycles. The Labute approximate surface area is 90.9 Å². The van der Waals surface area contributed by atoms with Crippen LogP contribution in [0.1, 0.15) is 13.8 Å². The van der Waals surface area contributed by atoms with Crippen LogP contribution in [0.2, 0.25) is 0 Å². The van der Waals surface area contributed by atoms with Crippen molar-refractivity contribution in [3.8, 4) is 0 Å². The summed E-state index contributed by atoms with van der Waals surface area (Å²) in [5.41, 5.74) is 5.07. The van der Waals surface area contributed by atoms with E-state index >= 15 is 0 Å². The van der Waals surface area contributed by atoms with Crippen LogP contribution in [0.25, 0.3) is 0 Å². The zero-order valence-electron chi connectivity index (χ0n) is 8.08. The van der Waals surface area contributed by atoms with Gasteiger partial charge in [-0.25, -0.2) is 4.98 Å². The molecule has 0 aliphatic carbocycles. The van der Waals surface area contributed by atoms with Gasteiger partial charge in [0.2, 0.25) is 5.95 Å². The van der Waals surface area contributed by atoms with Crippen molar-refractivity contribution in [1.82, 2.24) is 9.97 Å². The van der Waals surface area contributed by atoms with Gasteiger partial charge >= 0.3 is 0 Å². The Kier molecular flexibility index (Phi) is 3.28. The second kappa shape index (κ2) is 4.10. The maximum atomic E-state index is 9.03. The SMILES string of the molecule is CC(C)(CO)Nc1nc(N)cc(Br)n1. The molecule has 0 amide bonds. The van der Waals surface area contributed by atoms with Crippen LogP contribution < -0.4 is 11.1 Å². The molecule has 0 aliphatic heterocycles. The van der Waals surface area contributed by atoms with Crippen molar-refractivity contribution in [2.24, 2.45) is 0 Å². The van der Waals surface area contributed by atoms with Crippen molar-refractivity contribution in [1.29, 1.82) is 0 Å². The minimum absolute atomic E-state index is 0.0111. The van der Waals surface area contributed by atoms with Crippen LogP contribution >= 0.6 is 15.9 Å². The predicted octanol–water partition coefficient (Wildman–Crippen LogP) is 1.00. The lowest BCUT2D eigenvalue weighted by atomic mass is 10.1. The third-order valence-corrected chi connectivity index (χ3v) is 1.97. The molecule has 1 heterocycles. The van der Waals surface area contributed by atoms with Crippen LogP contribution in [0.5, 0.6) is 0 Å². The van der Waals surface area contributed by atoms with Gasteiger partial charge in [-0.05, 0) is 29.8 Å². The van der Waals surface area contributed by atoms with E-state index in [9.17, 15) is 0 Å². The molecule has 0 spiro atoms. The first kappa shape index (κ1) is 11.2. The van der Waals surface area contributed by atoms with Crippen molar-refractivity contribution in [3.05, 3.63) is 10.7 Å². The molecule has 5 nitrogen and oxygen atoms in total. The summed E-state index contributed by atoms with van der Waals surface area (Å²) >= 11 is 3.21. The molecule has 0 radical (unpaired) electrons. The summed E-state index contributed by atoms with van der Waals surface area (Å²) in [7, 11) is 0. The highest BCUT2D eigenvalue weighted by molar-refractivity contribution is 9.10. The number of anilines is 2. The lowest BCUT2D eigenvalue weighted by molar-refractivity contribution is 0.233. The molecule has 0 atom stereocenters. The van der Waals surface area contributed by atoms with E-state index in [1.807, 2.05) is 13.8 Å². The molecule has 0 aromatic carbocycles. The van der Waals surface area contributed by atoms with E-state index in [-0.39, 0.29) is 6.61 Å². The number of nitrogen functional groups attached to an aromatic ring is 1. The normalized spacial score (nSPS) is 11.4. The smallest absolute Gasteiger partial charge is 0.226 e. The van der Waals surface area contributed by atoms with Crippen LogP contribution in [0.4, 0.5) is 11.8 Å². The molecular formula is C8H13BrN4O. The Morgan fingerprint density at radius 1 is 1.57 bits per heavy atom. The number of nitrogens with two attached hydrogens (primary N) is 1. The van der Waals surface area contributed by atoms with E-state index in [1.54, 1.807) is 6.07 Å². The first-order valence-corrected chi connectivity index (χ1v) is 4.91. The maximum absolute atomic E-state index is 9.03. The molecule has 1 rings (SSSR count). The fourth-order valence-corrected chi connectivity index (χ4v) is 1.24. The molecule has 6 heteroatoms. The third kappa shape index (κ3) is 3.12. The fraction of sp³-hybridized carbons (Fsp3) is 0.500. The number of rotatable bonds is 3. The molecule has 78 valence electrons. The zero-order valence-corrected chi connectivity index (χ0v) is 9.67. The van der Waals surface area contributed by atoms with Gasteiger partial charge in [0.15, 0.2) is 0 Å². The van der Waals surface area contributed by atoms with E-state index in [0.717, 1.165) is 0 Å². The summed E-state index contributed by atoms with van der Waals surface area (Å²) in [5, 5.41) is 12.0. The van der Waals surface area contributed by atoms with Crippen LogP contribution in [0.3, 0.4) is 0 Å². The molecule has 1 aromatic heterocycles. The van der Waals surface area contributed by atoms with Gasteiger partial charge in [-0.1, -0.05) is 0 Å². The predicted molar refractivity (Wildman–Crippen MR) is 58.9 cm³/mol. The Morgan fingerprint density at radius 2 is 2.21 bits per heavy atom. The standard InChI is InChI=1S/C8H13BrN4O/c1-8(2,4-14)13-7-11-5(9)3-6(10)12-7/h3,14H,4H2,1-2H3,(H3,10,11,12,13). The minimum Gasteiger partial charge on any atom is -0.394 e. The number of aliphatic hydroxyl groups excluding tert-OH is 1. The van der Waals surface area contributed by atoms with Crippen LogP contribution in [-0.2, 0) is 0 Å². The van der Waals surface area contributed by atoms with Gasteiger partial charge < -0.3 is 16.2 Å². The summed E-state index contributed by atoms with van der Waals surface area (Å²) in [6.07, 6.45) is 0. The summed E-state index contributed by atoms with van der Waals surface area (Å²) < 4.78 is 0.612. The Morgan fingerprint density at radius 3 is 2.71 bits per heavy atom. The Bertz CT molecular complexity index is 309. The first-order valence-electron chi connectivity index (χ1n) is 4.12. The molecular weight excluding hydrogens is 248 g/mol. The molecule has 0 aliphatic rings. The Balaban J connectivity index is 2.87. The van der Waals surface area contributed by atoms with Crippen molar-refractivity contribution in [2.75, 3.05) is 17.7 Å². The minimum atomic E-state index is -0.465. The maximum Gasteiger partial charge on any atom is 0.226 e. The fourth-order valence-electron chi connectivity index (χ4n) is 0.833. The quantitative estimate of drug-likeness (QED) is 0.707. The van der Waals surface area contributed by atoms with Gasteiger partial charge in [0.25, 0.3) is 0 Å². The highest BCUT2D eigenvalue weighted by Crippen LogP contribution is 2.15. The van der Waals surface area contributed by atoms with Crippen LogP contribution in [0, 0.1) is 0 Å². The third-order valence-electron chi connectivity index (χ3n) is 1.56. The van der Waals surface area contributed by atoms with Gasteiger partial charge in [0.05, 0.1) is 12.1 Å². The second-order valence-corrected chi connectivity index (χ2v) is 4.42. The molecule has 0 saturated heterocycles. The van der Waals surface area contributed by atoms with E-state index < -0.39 is 5.54 Å². The van der Waals surface area contributed by atoms with E-state index in [0.29, 0.717) is 16.4 Å². The molecule has 0 fully saturated rings. The number of nitrogens with one attached hydrogen (secondary N) is 1. The largest absolute Gasteiger partial charge is 0.394 e. The number of halogens is 1. The number of nitrogens with zero attached hydrogens (tertiary/aromatic N) is 2. The monoisotopic (exact) mass is 260 g/mol. The number of aliphatic hydroxyl groups is 1. The summed E-state index contributed by atoms with van der Waals surface area (Å²) in [6, 6.07) is 1.61. The molecule has 4 N–H and O–H groups in total. The van der Waals surface area contributed by atoms with Crippen molar-refractivity contribution in [2.45, 2.75) is 19.4 Å². The van der Waals surface area contributed by atoms with Crippen LogP contribution in [-0.4, -0.2) is 27.2 Å². The van der Waals surface area contributed by atoms with Crippen LogP contribution in [0.15, 0.2) is 10.7 Å². The lowest BCUT2D eigenvalue weighted by Crippen LogP contribution is -2.35. The van der Waals surface area contributed by atoms with E-state index in [4.69, 9.17) is 10.8 Å². The molecule has 0 unspecified atom stereocenters. The van der Waals surface area contributed by atoms with Gasteiger partial charge in [0, 0.05) is 6.07 Å². The first-order chi connectivity index (χ1) is 6.43. The average molecular weight is 261 g/mol. The summed E-state index contributed by atoms with van der Waals surface area (Å²) in [6.45, 7) is 3.67. The topological polar surface area (TPSA) is 84.1 Å². The number of hydrogen-bond donors (Lipinski definition) is 3. The van der Waals surface area contributed by atoms with Gasteiger partial charge in [0.1, 0.15) is 10.4 Å². The number of hydrogen-bond acceptors (Lipinski definition) is 5.